The molecular weight excluding hydrogens is 107 g/mol. The van der Waals surface area contributed by atoms with Crippen LogP contribution in [0.3, 0.4) is 0 Å². The van der Waals surface area contributed by atoms with Gasteiger partial charge in [0.25, 0.3) is 0 Å². The number of hydrogen-bond donors (Lipinski definition) is 0. The maximum atomic E-state index is 2.12. The molecule has 0 bridgehead atoms. The average Bonchev–Trinajstić information content (AvgIpc) is 2.14. The average molecular weight is 118 g/mol. The van der Waals surface area contributed by atoms with Crippen molar-refractivity contribution >= 4 is 0 Å². The Kier molecular flexibility index (Phi) is 3.68. The largest absolute Gasteiger partial charge is 1.00 e. The fourth-order valence-electron chi connectivity index (χ4n) is 0.689. The summed E-state index contributed by atoms with van der Waals surface area (Å²) in [6.45, 7) is 3.18. The van der Waals surface area contributed by atoms with Crippen LogP contribution < -0.4 is 23.4 Å². The Morgan fingerprint density at radius 1 is 1.56 bits per heavy atom. The molecule has 0 aromatic carbocycles. The molecule has 1 heterocycles. The van der Waals surface area contributed by atoms with Gasteiger partial charge in [0.15, 0.2) is 0 Å². The minimum Gasteiger partial charge on any atom is -0.240 e. The Morgan fingerprint density at radius 3 is 2.44 bits per heavy atom. The van der Waals surface area contributed by atoms with Crippen molar-refractivity contribution in [1.82, 2.24) is 4.57 Å². The molecule has 0 aliphatic carbocycles. The van der Waals surface area contributed by atoms with Crippen LogP contribution in [-0.2, 0) is 13.6 Å². The number of aryl methyl sites for hydroxylation is 2. The molecule has 3 heteroatoms. The summed E-state index contributed by atoms with van der Waals surface area (Å²) in [6, 6.07) is 0. The van der Waals surface area contributed by atoms with Gasteiger partial charge >= 0.3 is 18.9 Å². The van der Waals surface area contributed by atoms with Gasteiger partial charge in [0.1, 0.15) is 12.4 Å². The Bertz CT molecular complexity index is 171. The van der Waals surface area contributed by atoms with E-state index in [4.69, 9.17) is 0 Å². The van der Waals surface area contributed by atoms with Crippen molar-refractivity contribution in [1.29, 1.82) is 0 Å². The van der Waals surface area contributed by atoms with Crippen LogP contribution in [0.5, 0.6) is 0 Å². The second-order valence-corrected chi connectivity index (χ2v) is 1.91. The molecule has 0 saturated carbocycles. The van der Waals surface area contributed by atoms with Gasteiger partial charge in [0.2, 0.25) is 6.33 Å². The molecule has 0 saturated heterocycles. The van der Waals surface area contributed by atoms with Crippen molar-refractivity contribution < 1.29 is 23.4 Å². The summed E-state index contributed by atoms with van der Waals surface area (Å²) in [7, 11) is 2.02. The van der Waals surface area contributed by atoms with Gasteiger partial charge in [0.05, 0.1) is 13.6 Å². The molecule has 0 N–H and O–H groups in total. The molecule has 0 atom stereocenters. The minimum atomic E-state index is 0. The molecule has 0 aliphatic rings. The standard InChI is InChI=1S/C6H11N2.Li/c1-3-8-5-4-7(2)6-8;/h4-6H,3H2,1-2H3;/q2*+1. The predicted octanol–water partition coefficient (Wildman–Crippen LogP) is -2.66. The van der Waals surface area contributed by atoms with E-state index in [1.165, 1.54) is 0 Å². The molecule has 0 radical (unpaired) electrons. The van der Waals surface area contributed by atoms with E-state index >= 15 is 0 Å². The summed E-state index contributed by atoms with van der Waals surface area (Å²) < 4.78 is 4.16. The van der Waals surface area contributed by atoms with Gasteiger partial charge in [0, 0.05) is 0 Å². The molecule has 9 heavy (non-hydrogen) atoms. The second-order valence-electron chi connectivity index (χ2n) is 1.91. The van der Waals surface area contributed by atoms with Gasteiger partial charge in [-0.3, -0.25) is 0 Å². The summed E-state index contributed by atoms with van der Waals surface area (Å²) in [5, 5.41) is 0. The normalized spacial score (nSPS) is 8.67. The topological polar surface area (TPSA) is 8.81 Å². The molecule has 0 amide bonds. The first-order valence-electron chi connectivity index (χ1n) is 2.84. The fraction of sp³-hybridized carbons (Fsp3) is 0.500. The van der Waals surface area contributed by atoms with E-state index in [0.29, 0.717) is 0 Å². The smallest absolute Gasteiger partial charge is 0.240 e. The number of aromatic nitrogens is 2. The third-order valence-electron chi connectivity index (χ3n) is 1.19. The first kappa shape index (κ1) is 8.81. The number of imidazole rings is 1. The van der Waals surface area contributed by atoms with Crippen LogP contribution >= 0.6 is 0 Å². The molecule has 1 aromatic rings. The Labute approximate surface area is 67.7 Å². The molecule has 44 valence electrons. The summed E-state index contributed by atoms with van der Waals surface area (Å²) in [5.74, 6) is 0. The Morgan fingerprint density at radius 2 is 2.22 bits per heavy atom. The van der Waals surface area contributed by atoms with Crippen LogP contribution in [0.4, 0.5) is 0 Å². The summed E-state index contributed by atoms with van der Waals surface area (Å²) in [6.07, 6.45) is 6.14. The summed E-state index contributed by atoms with van der Waals surface area (Å²) in [5.41, 5.74) is 0. The zero-order valence-electron chi connectivity index (χ0n) is 6.33. The van der Waals surface area contributed by atoms with Crippen LogP contribution in [0.2, 0.25) is 0 Å². The zero-order valence-corrected chi connectivity index (χ0v) is 6.33. The fourth-order valence-corrected chi connectivity index (χ4v) is 0.689. The van der Waals surface area contributed by atoms with E-state index in [1.807, 2.05) is 17.8 Å². The summed E-state index contributed by atoms with van der Waals surface area (Å²) in [4.78, 5) is 0. The third-order valence-corrected chi connectivity index (χ3v) is 1.19. The van der Waals surface area contributed by atoms with Crippen molar-refractivity contribution in [2.24, 2.45) is 7.05 Å². The van der Waals surface area contributed by atoms with Crippen LogP contribution in [0.15, 0.2) is 18.7 Å². The number of hydrogen-bond acceptors (Lipinski definition) is 0. The summed E-state index contributed by atoms with van der Waals surface area (Å²) >= 11 is 0. The van der Waals surface area contributed by atoms with Gasteiger partial charge in [-0.1, -0.05) is 0 Å². The van der Waals surface area contributed by atoms with Crippen LogP contribution in [-0.4, -0.2) is 4.57 Å². The maximum Gasteiger partial charge on any atom is 1.00 e. The van der Waals surface area contributed by atoms with Crippen LogP contribution in [0.25, 0.3) is 0 Å². The number of nitrogens with zero attached hydrogens (tertiary/aromatic N) is 2. The maximum absolute atomic E-state index is 2.12. The van der Waals surface area contributed by atoms with Crippen molar-refractivity contribution in [3.8, 4) is 0 Å². The van der Waals surface area contributed by atoms with E-state index in [0.717, 1.165) is 6.54 Å². The molecule has 1 aromatic heterocycles. The van der Waals surface area contributed by atoms with Gasteiger partial charge < -0.3 is 0 Å². The van der Waals surface area contributed by atoms with Crippen molar-refractivity contribution in [3.05, 3.63) is 18.7 Å². The van der Waals surface area contributed by atoms with E-state index in [9.17, 15) is 0 Å². The quantitative estimate of drug-likeness (QED) is 0.281. The van der Waals surface area contributed by atoms with Gasteiger partial charge in [-0.25, -0.2) is 9.13 Å². The van der Waals surface area contributed by atoms with E-state index in [-0.39, 0.29) is 18.9 Å². The van der Waals surface area contributed by atoms with Gasteiger partial charge in [-0.05, 0) is 6.92 Å². The predicted molar refractivity (Wildman–Crippen MR) is 31.3 cm³/mol. The second kappa shape index (κ2) is 3.76. The first-order valence-corrected chi connectivity index (χ1v) is 2.84. The van der Waals surface area contributed by atoms with Gasteiger partial charge in [-0.15, -0.1) is 0 Å². The van der Waals surface area contributed by atoms with Crippen LogP contribution in [0, 0.1) is 0 Å². The molecule has 0 fully saturated rings. The van der Waals surface area contributed by atoms with Crippen LogP contribution in [0.1, 0.15) is 6.92 Å². The van der Waals surface area contributed by atoms with Crippen molar-refractivity contribution in [2.45, 2.75) is 13.5 Å². The zero-order chi connectivity index (χ0) is 5.98. The van der Waals surface area contributed by atoms with E-state index in [2.05, 4.69) is 24.0 Å². The van der Waals surface area contributed by atoms with E-state index < -0.39 is 0 Å². The SMILES string of the molecule is CCn1cc[n+](C)c1.[Li+]. The number of rotatable bonds is 1. The Hall–Kier alpha value is -0.193. The third kappa shape index (κ3) is 2.25. The first-order chi connectivity index (χ1) is 3.83. The van der Waals surface area contributed by atoms with Crippen molar-refractivity contribution in [3.63, 3.8) is 0 Å². The minimum absolute atomic E-state index is 0. The van der Waals surface area contributed by atoms with E-state index in [1.54, 1.807) is 0 Å². The Balaban J connectivity index is 0.000000640. The molecular formula is C6H11LiN2+2. The van der Waals surface area contributed by atoms with Crippen molar-refractivity contribution in [2.75, 3.05) is 0 Å². The molecule has 1 rings (SSSR count). The monoisotopic (exact) mass is 118 g/mol. The molecule has 2 nitrogen and oxygen atoms in total. The van der Waals surface area contributed by atoms with Gasteiger partial charge in [-0.2, -0.15) is 0 Å². The molecule has 0 unspecified atom stereocenters. The molecule has 0 aliphatic heterocycles. The molecule has 0 spiro atoms.